The lowest BCUT2D eigenvalue weighted by Gasteiger charge is -2.12. The van der Waals surface area contributed by atoms with Crippen LogP contribution in [-0.2, 0) is 0 Å². The average molecular weight is 374 g/mol. The largest absolute Gasteiger partial charge is 0.446 e. The third-order valence-electron chi connectivity index (χ3n) is 2.99. The van der Waals surface area contributed by atoms with Gasteiger partial charge in [-0.05, 0) is 36.9 Å². The Morgan fingerprint density at radius 3 is 2.48 bits per heavy atom. The van der Waals surface area contributed by atoms with Crippen molar-refractivity contribution in [2.45, 2.75) is 43.1 Å². The zero-order valence-electron chi connectivity index (χ0n) is 13.7. The van der Waals surface area contributed by atoms with Crippen molar-refractivity contribution in [1.82, 2.24) is 15.5 Å². The first-order chi connectivity index (χ1) is 11.6. The number of urea groups is 1. The van der Waals surface area contributed by atoms with E-state index in [9.17, 15) is 18.0 Å². The van der Waals surface area contributed by atoms with E-state index < -0.39 is 17.6 Å². The summed E-state index contributed by atoms with van der Waals surface area (Å²) in [5.41, 5.74) is -4.14. The lowest BCUT2D eigenvalue weighted by atomic mass is 10.2. The van der Waals surface area contributed by atoms with Gasteiger partial charge in [0, 0.05) is 16.5 Å². The molecule has 0 radical (unpaired) electrons. The van der Waals surface area contributed by atoms with Gasteiger partial charge in [0.15, 0.2) is 0 Å². The van der Waals surface area contributed by atoms with E-state index in [-0.39, 0.29) is 34.2 Å². The lowest BCUT2D eigenvalue weighted by molar-refractivity contribution is -0.0328. The number of carbonyl (C=O) groups is 1. The van der Waals surface area contributed by atoms with Crippen molar-refractivity contribution in [3.05, 3.63) is 36.0 Å². The molecule has 1 atom stereocenters. The lowest BCUT2D eigenvalue weighted by Crippen LogP contribution is -2.31. The first-order valence-corrected chi connectivity index (χ1v) is 8.22. The van der Waals surface area contributed by atoms with Crippen LogP contribution in [0.1, 0.15) is 44.5 Å². The van der Waals surface area contributed by atoms with Crippen molar-refractivity contribution < 1.29 is 22.4 Å². The fraction of sp³-hybridized carbons (Fsp3) is 0.400. The molecule has 0 aliphatic heterocycles. The predicted molar refractivity (Wildman–Crippen MR) is 87.3 cm³/mol. The summed E-state index contributed by atoms with van der Waals surface area (Å²) in [6, 6.07) is 4.34. The molecular weight excluding hydrogens is 357 g/mol. The van der Waals surface area contributed by atoms with E-state index >= 15 is 0 Å². The van der Waals surface area contributed by atoms with Crippen LogP contribution in [0.15, 0.2) is 33.6 Å². The fourth-order valence-corrected chi connectivity index (χ4v) is 2.45. The van der Waals surface area contributed by atoms with Crippen molar-refractivity contribution in [1.29, 1.82) is 0 Å². The molecule has 2 rings (SSSR count). The highest BCUT2D eigenvalue weighted by atomic mass is 32.2. The second-order valence-electron chi connectivity index (χ2n) is 5.53. The highest BCUT2D eigenvalue weighted by molar-refractivity contribution is 8.00. The SMILES string of the molecule is CC(C)c1nnc([C@H](C)NC(=O)Nc2cccc(SC(F)(F)F)c2)o1. The molecule has 0 spiro atoms. The summed E-state index contributed by atoms with van der Waals surface area (Å²) in [6.45, 7) is 5.45. The van der Waals surface area contributed by atoms with Crippen LogP contribution < -0.4 is 10.6 Å². The topological polar surface area (TPSA) is 80.0 Å². The average Bonchev–Trinajstić information content (AvgIpc) is 2.95. The fourth-order valence-electron chi connectivity index (χ4n) is 1.85. The van der Waals surface area contributed by atoms with Gasteiger partial charge < -0.3 is 15.1 Å². The summed E-state index contributed by atoms with van der Waals surface area (Å²) in [4.78, 5) is 12.0. The van der Waals surface area contributed by atoms with Crippen molar-refractivity contribution >= 4 is 23.5 Å². The second kappa shape index (κ2) is 7.77. The van der Waals surface area contributed by atoms with Crippen molar-refractivity contribution in [2.24, 2.45) is 0 Å². The van der Waals surface area contributed by atoms with Crippen LogP contribution in [0.5, 0.6) is 0 Å². The molecular formula is C15H17F3N4O2S. The molecule has 2 N–H and O–H groups in total. The van der Waals surface area contributed by atoms with Crippen LogP contribution in [0.2, 0.25) is 0 Å². The van der Waals surface area contributed by atoms with E-state index in [1.54, 1.807) is 6.92 Å². The molecule has 1 heterocycles. The van der Waals surface area contributed by atoms with Gasteiger partial charge in [0.25, 0.3) is 0 Å². The summed E-state index contributed by atoms with van der Waals surface area (Å²) < 4.78 is 42.6. The number of aromatic nitrogens is 2. The van der Waals surface area contributed by atoms with Crippen LogP contribution >= 0.6 is 11.8 Å². The van der Waals surface area contributed by atoms with Gasteiger partial charge in [0.1, 0.15) is 6.04 Å². The monoisotopic (exact) mass is 374 g/mol. The number of halogens is 3. The number of nitrogens with zero attached hydrogens (tertiary/aromatic N) is 2. The molecule has 1 aromatic heterocycles. The van der Waals surface area contributed by atoms with Crippen LogP contribution in [0, 0.1) is 0 Å². The van der Waals surface area contributed by atoms with Crippen molar-refractivity contribution in [2.75, 3.05) is 5.32 Å². The van der Waals surface area contributed by atoms with Gasteiger partial charge in [-0.2, -0.15) is 13.2 Å². The van der Waals surface area contributed by atoms with E-state index in [1.165, 1.54) is 24.3 Å². The number of benzene rings is 1. The molecule has 25 heavy (non-hydrogen) atoms. The number of alkyl halides is 3. The van der Waals surface area contributed by atoms with Gasteiger partial charge in [0.05, 0.1) is 0 Å². The summed E-state index contributed by atoms with van der Waals surface area (Å²) in [6.07, 6.45) is 0. The van der Waals surface area contributed by atoms with Gasteiger partial charge in [-0.1, -0.05) is 19.9 Å². The van der Waals surface area contributed by atoms with E-state index in [0.29, 0.717) is 5.89 Å². The minimum Gasteiger partial charge on any atom is -0.423 e. The van der Waals surface area contributed by atoms with Gasteiger partial charge in [-0.3, -0.25) is 0 Å². The molecule has 1 aromatic carbocycles. The number of hydrogen-bond donors (Lipinski definition) is 2. The smallest absolute Gasteiger partial charge is 0.423 e. The Morgan fingerprint density at radius 2 is 1.88 bits per heavy atom. The Kier molecular flexibility index (Phi) is 5.93. The summed E-state index contributed by atoms with van der Waals surface area (Å²) in [7, 11) is 0. The molecule has 136 valence electrons. The minimum absolute atomic E-state index is 0.0168. The van der Waals surface area contributed by atoms with E-state index in [0.717, 1.165) is 0 Å². The van der Waals surface area contributed by atoms with Crippen LogP contribution in [0.3, 0.4) is 0 Å². The summed E-state index contributed by atoms with van der Waals surface area (Å²) >= 11 is -0.247. The van der Waals surface area contributed by atoms with Gasteiger partial charge in [-0.15, -0.1) is 10.2 Å². The number of anilines is 1. The van der Waals surface area contributed by atoms with Gasteiger partial charge >= 0.3 is 11.5 Å². The minimum atomic E-state index is -4.39. The molecule has 0 saturated heterocycles. The molecule has 2 aromatic rings. The maximum absolute atomic E-state index is 12.4. The molecule has 0 fully saturated rings. The Balaban J connectivity index is 1.96. The second-order valence-corrected chi connectivity index (χ2v) is 6.67. The Hall–Kier alpha value is -2.23. The number of amides is 2. The highest BCUT2D eigenvalue weighted by Gasteiger charge is 2.29. The number of nitrogens with one attached hydrogen (secondary N) is 2. The third-order valence-corrected chi connectivity index (χ3v) is 3.71. The van der Waals surface area contributed by atoms with Crippen LogP contribution in [-0.4, -0.2) is 21.7 Å². The van der Waals surface area contributed by atoms with Crippen molar-refractivity contribution in [3.8, 4) is 0 Å². The van der Waals surface area contributed by atoms with E-state index in [2.05, 4.69) is 20.8 Å². The molecule has 0 bridgehead atoms. The first-order valence-electron chi connectivity index (χ1n) is 7.40. The number of hydrogen-bond acceptors (Lipinski definition) is 5. The highest BCUT2D eigenvalue weighted by Crippen LogP contribution is 2.37. The van der Waals surface area contributed by atoms with E-state index in [4.69, 9.17) is 4.42 Å². The van der Waals surface area contributed by atoms with Gasteiger partial charge in [0.2, 0.25) is 11.8 Å². The molecule has 0 unspecified atom stereocenters. The first kappa shape index (κ1) is 19.1. The molecule has 2 amide bonds. The summed E-state index contributed by atoms with van der Waals surface area (Å²) in [5.74, 6) is 0.775. The number of carbonyl (C=O) groups excluding carboxylic acids is 1. The third kappa shape index (κ3) is 5.96. The van der Waals surface area contributed by atoms with Crippen molar-refractivity contribution in [3.63, 3.8) is 0 Å². The Labute approximate surface area is 146 Å². The zero-order chi connectivity index (χ0) is 18.6. The molecule has 10 heteroatoms. The van der Waals surface area contributed by atoms with Gasteiger partial charge in [-0.25, -0.2) is 4.79 Å². The predicted octanol–water partition coefficient (Wildman–Crippen LogP) is 4.69. The van der Waals surface area contributed by atoms with E-state index in [1.807, 2.05) is 13.8 Å². The molecule has 0 aliphatic rings. The molecule has 0 saturated carbocycles. The molecule has 6 nitrogen and oxygen atoms in total. The maximum atomic E-state index is 12.4. The summed E-state index contributed by atoms with van der Waals surface area (Å²) in [5, 5.41) is 12.8. The van der Waals surface area contributed by atoms with Crippen LogP contribution in [0.4, 0.5) is 23.7 Å². The molecule has 0 aliphatic carbocycles. The number of rotatable bonds is 5. The zero-order valence-corrected chi connectivity index (χ0v) is 14.5. The number of thioether (sulfide) groups is 1. The Bertz CT molecular complexity index is 734. The normalized spacial score (nSPS) is 12.9. The maximum Gasteiger partial charge on any atom is 0.446 e. The Morgan fingerprint density at radius 1 is 1.20 bits per heavy atom. The quantitative estimate of drug-likeness (QED) is 0.743. The van der Waals surface area contributed by atoms with Crippen LogP contribution in [0.25, 0.3) is 0 Å². The standard InChI is InChI=1S/C15H17F3N4O2S/c1-8(2)12-21-22-13(24-12)9(3)19-14(23)20-10-5-4-6-11(7-10)25-15(16,17)18/h4-9H,1-3H3,(H2,19,20,23)/t9-/m0/s1.